The molecule has 1 amide bonds. The number of carbonyl (C=O) groups excluding carboxylic acids is 1. The topological polar surface area (TPSA) is 67.2 Å². The summed E-state index contributed by atoms with van der Waals surface area (Å²) >= 11 is 9.21. The fourth-order valence-corrected chi connectivity index (χ4v) is 2.05. The van der Waals surface area contributed by atoms with Gasteiger partial charge in [-0.1, -0.05) is 11.6 Å². The minimum absolute atomic E-state index is 0.350. The van der Waals surface area contributed by atoms with Crippen LogP contribution in [0.2, 0.25) is 5.02 Å². The molecule has 86 valence electrons. The van der Waals surface area contributed by atoms with Crippen LogP contribution in [-0.2, 0) is 4.79 Å². The van der Waals surface area contributed by atoms with Gasteiger partial charge in [-0.3, -0.25) is 4.79 Å². The van der Waals surface area contributed by atoms with Gasteiger partial charge in [-0.05, 0) is 34.1 Å². The van der Waals surface area contributed by atoms with Crippen LogP contribution >= 0.6 is 27.5 Å². The Morgan fingerprint density at radius 3 is 2.69 bits per heavy atom. The summed E-state index contributed by atoms with van der Waals surface area (Å²) < 4.78 is 0.783. The van der Waals surface area contributed by atoms with Crippen LogP contribution in [0.3, 0.4) is 0 Å². The number of amides is 1. The van der Waals surface area contributed by atoms with Crippen molar-refractivity contribution in [2.24, 2.45) is 5.73 Å². The highest BCUT2D eigenvalue weighted by molar-refractivity contribution is 9.10. The molecule has 1 fully saturated rings. The molecule has 0 aromatic heterocycles. The van der Waals surface area contributed by atoms with Crippen LogP contribution in [0.4, 0.5) is 5.69 Å². The Bertz CT molecular complexity index is 434. The number of nitrogens with two attached hydrogens (primary N) is 1. The van der Waals surface area contributed by atoms with Gasteiger partial charge in [-0.15, -0.1) is 0 Å². The van der Waals surface area contributed by atoms with Gasteiger partial charge in [0.1, 0.15) is 5.54 Å². The number of rotatable bonds is 3. The van der Waals surface area contributed by atoms with Gasteiger partial charge in [0, 0.05) is 23.2 Å². The highest BCUT2D eigenvalue weighted by atomic mass is 79.9. The van der Waals surface area contributed by atoms with Crippen LogP contribution in [-0.4, -0.2) is 24.5 Å². The van der Waals surface area contributed by atoms with Crippen molar-refractivity contribution in [3.05, 3.63) is 27.7 Å². The fourth-order valence-electron chi connectivity index (χ4n) is 1.55. The third kappa shape index (κ3) is 2.03. The smallest absolute Gasteiger partial charge is 0.245 e. The summed E-state index contributed by atoms with van der Waals surface area (Å²) in [7, 11) is 0. The van der Waals surface area contributed by atoms with Crippen molar-refractivity contribution < 1.29 is 4.79 Å². The molecule has 2 rings (SSSR count). The lowest BCUT2D eigenvalue weighted by molar-refractivity contribution is -0.123. The number of halogens is 2. The number of primary amides is 1. The molecule has 1 heterocycles. The van der Waals surface area contributed by atoms with Crippen LogP contribution < -0.4 is 16.4 Å². The Kier molecular flexibility index (Phi) is 3.10. The molecule has 0 saturated carbocycles. The summed E-state index contributed by atoms with van der Waals surface area (Å²) in [5.74, 6) is -0.350. The predicted octanol–water partition coefficient (Wildman–Crippen LogP) is 1.34. The van der Waals surface area contributed by atoms with E-state index in [1.54, 1.807) is 6.07 Å². The van der Waals surface area contributed by atoms with E-state index < -0.39 is 5.54 Å². The van der Waals surface area contributed by atoms with E-state index in [0.717, 1.165) is 10.2 Å². The highest BCUT2D eigenvalue weighted by Gasteiger charge is 2.42. The predicted molar refractivity (Wildman–Crippen MR) is 67.6 cm³/mol. The Hall–Kier alpha value is -0.780. The van der Waals surface area contributed by atoms with Crippen molar-refractivity contribution in [1.82, 2.24) is 5.32 Å². The van der Waals surface area contributed by atoms with Crippen LogP contribution in [0.5, 0.6) is 0 Å². The van der Waals surface area contributed by atoms with Crippen LogP contribution in [0, 0.1) is 0 Å². The first-order chi connectivity index (χ1) is 7.53. The van der Waals surface area contributed by atoms with Crippen molar-refractivity contribution >= 4 is 39.1 Å². The zero-order valence-corrected chi connectivity index (χ0v) is 10.7. The van der Waals surface area contributed by atoms with E-state index >= 15 is 0 Å². The van der Waals surface area contributed by atoms with Gasteiger partial charge in [-0.25, -0.2) is 0 Å². The molecule has 1 aromatic carbocycles. The van der Waals surface area contributed by atoms with Crippen LogP contribution in [0.1, 0.15) is 0 Å². The van der Waals surface area contributed by atoms with Crippen molar-refractivity contribution in [3.63, 3.8) is 0 Å². The van der Waals surface area contributed by atoms with E-state index in [0.29, 0.717) is 18.1 Å². The SMILES string of the molecule is NC(=O)C1(Nc2ccc(Cl)c(Br)c2)CNC1. The molecule has 0 bridgehead atoms. The van der Waals surface area contributed by atoms with Gasteiger partial charge in [0.05, 0.1) is 5.02 Å². The monoisotopic (exact) mass is 303 g/mol. The van der Waals surface area contributed by atoms with E-state index in [2.05, 4.69) is 26.6 Å². The van der Waals surface area contributed by atoms with Crippen LogP contribution in [0.15, 0.2) is 22.7 Å². The maximum Gasteiger partial charge on any atom is 0.245 e. The van der Waals surface area contributed by atoms with Crippen molar-refractivity contribution in [2.75, 3.05) is 18.4 Å². The number of hydrogen-bond donors (Lipinski definition) is 3. The summed E-state index contributed by atoms with van der Waals surface area (Å²) in [6.07, 6.45) is 0. The Morgan fingerprint density at radius 1 is 1.56 bits per heavy atom. The first kappa shape index (κ1) is 11.7. The lowest BCUT2D eigenvalue weighted by Gasteiger charge is -2.41. The quantitative estimate of drug-likeness (QED) is 0.789. The van der Waals surface area contributed by atoms with E-state index in [9.17, 15) is 4.79 Å². The first-order valence-electron chi connectivity index (χ1n) is 4.77. The standard InChI is InChI=1S/C10H11BrClN3O/c11-7-3-6(1-2-8(7)12)15-10(9(13)16)4-14-5-10/h1-3,14-15H,4-5H2,(H2,13,16). The fraction of sp³-hybridized carbons (Fsp3) is 0.300. The van der Waals surface area contributed by atoms with Crippen molar-refractivity contribution in [2.45, 2.75) is 5.54 Å². The summed E-state index contributed by atoms with van der Waals surface area (Å²) in [6.45, 7) is 1.09. The normalized spacial score (nSPS) is 17.6. The molecule has 1 saturated heterocycles. The Labute approximate surface area is 107 Å². The molecule has 0 unspecified atom stereocenters. The number of nitrogens with one attached hydrogen (secondary N) is 2. The molecule has 0 spiro atoms. The van der Waals surface area contributed by atoms with Gasteiger partial charge in [0.15, 0.2) is 0 Å². The molecular formula is C10H11BrClN3O. The molecule has 4 nitrogen and oxygen atoms in total. The molecule has 1 aliphatic heterocycles. The highest BCUT2D eigenvalue weighted by Crippen LogP contribution is 2.28. The second-order valence-electron chi connectivity index (χ2n) is 3.80. The first-order valence-corrected chi connectivity index (χ1v) is 5.94. The lowest BCUT2D eigenvalue weighted by atomic mass is 9.91. The molecule has 4 N–H and O–H groups in total. The number of hydrogen-bond acceptors (Lipinski definition) is 3. The maximum atomic E-state index is 11.3. The molecular weight excluding hydrogens is 293 g/mol. The average molecular weight is 305 g/mol. The number of anilines is 1. The second-order valence-corrected chi connectivity index (χ2v) is 5.07. The summed E-state index contributed by atoms with van der Waals surface area (Å²) in [6, 6.07) is 5.40. The van der Waals surface area contributed by atoms with E-state index in [1.165, 1.54) is 0 Å². The summed E-state index contributed by atoms with van der Waals surface area (Å²) in [4.78, 5) is 11.3. The number of benzene rings is 1. The number of carbonyl (C=O) groups is 1. The molecule has 0 radical (unpaired) electrons. The maximum absolute atomic E-state index is 11.3. The van der Waals surface area contributed by atoms with Gasteiger partial charge in [0.2, 0.25) is 5.91 Å². The molecule has 1 aliphatic rings. The third-order valence-electron chi connectivity index (χ3n) is 2.63. The average Bonchev–Trinajstić information content (AvgIpc) is 2.16. The van der Waals surface area contributed by atoms with Gasteiger partial charge in [-0.2, -0.15) is 0 Å². The third-order valence-corrected chi connectivity index (χ3v) is 3.84. The molecule has 0 aliphatic carbocycles. The summed E-state index contributed by atoms with van der Waals surface area (Å²) in [5, 5.41) is 6.79. The van der Waals surface area contributed by atoms with E-state index in [4.69, 9.17) is 17.3 Å². The van der Waals surface area contributed by atoms with Gasteiger partial charge in [0.25, 0.3) is 0 Å². The van der Waals surface area contributed by atoms with E-state index in [-0.39, 0.29) is 5.91 Å². The lowest BCUT2D eigenvalue weighted by Crippen LogP contribution is -2.70. The van der Waals surface area contributed by atoms with Gasteiger partial charge >= 0.3 is 0 Å². The Balaban J connectivity index is 2.20. The van der Waals surface area contributed by atoms with Gasteiger partial charge < -0.3 is 16.4 Å². The van der Waals surface area contributed by atoms with Crippen LogP contribution in [0.25, 0.3) is 0 Å². The van der Waals surface area contributed by atoms with Crippen molar-refractivity contribution in [1.29, 1.82) is 0 Å². The zero-order chi connectivity index (χ0) is 11.8. The van der Waals surface area contributed by atoms with E-state index in [1.807, 2.05) is 12.1 Å². The van der Waals surface area contributed by atoms with Crippen molar-refractivity contribution in [3.8, 4) is 0 Å². The largest absolute Gasteiger partial charge is 0.369 e. The minimum Gasteiger partial charge on any atom is -0.369 e. The molecule has 16 heavy (non-hydrogen) atoms. The minimum atomic E-state index is -0.673. The molecule has 1 aromatic rings. The second kappa shape index (κ2) is 4.24. The zero-order valence-electron chi connectivity index (χ0n) is 8.39. The molecule has 0 atom stereocenters. The summed E-state index contributed by atoms with van der Waals surface area (Å²) in [5.41, 5.74) is 5.51. The molecule has 6 heteroatoms. The Morgan fingerprint density at radius 2 is 2.25 bits per heavy atom.